The quantitative estimate of drug-likeness (QED) is 0.197. The zero-order chi connectivity index (χ0) is 30.6. The van der Waals surface area contributed by atoms with Crippen LogP contribution in [0.5, 0.6) is 11.5 Å². The van der Waals surface area contributed by atoms with Gasteiger partial charge >= 0.3 is 5.97 Å². The first-order valence-corrected chi connectivity index (χ1v) is 15.2. The molecule has 1 unspecified atom stereocenters. The molecule has 0 bridgehead atoms. The van der Waals surface area contributed by atoms with E-state index < -0.39 is 17.7 Å². The highest BCUT2D eigenvalue weighted by molar-refractivity contribution is 5.75. The van der Waals surface area contributed by atoms with Crippen LogP contribution in [0.3, 0.4) is 0 Å². The number of halogens is 2. The van der Waals surface area contributed by atoms with Crippen LogP contribution in [-0.2, 0) is 27.9 Å². The molecule has 1 heterocycles. The van der Waals surface area contributed by atoms with Crippen molar-refractivity contribution in [3.8, 4) is 11.5 Å². The maximum absolute atomic E-state index is 14.0. The van der Waals surface area contributed by atoms with Gasteiger partial charge in [-0.15, -0.1) is 0 Å². The highest BCUT2D eigenvalue weighted by Crippen LogP contribution is 2.45. The summed E-state index contributed by atoms with van der Waals surface area (Å²) in [5, 5.41) is 3.59. The molecule has 3 aromatic carbocycles. The fraction of sp³-hybridized carbons (Fsp3) is 0.457. The van der Waals surface area contributed by atoms with Crippen molar-refractivity contribution in [1.82, 2.24) is 10.2 Å². The Morgan fingerprint density at radius 1 is 0.977 bits per heavy atom. The summed E-state index contributed by atoms with van der Waals surface area (Å²) in [4.78, 5) is 14.9. The molecular weight excluding hydrogens is 550 g/mol. The van der Waals surface area contributed by atoms with E-state index in [2.05, 4.69) is 31.0 Å². The number of esters is 1. The molecule has 3 aromatic rings. The zero-order valence-corrected chi connectivity index (χ0v) is 25.4. The number of nitrogens with zero attached hydrogens (tertiary/aromatic N) is 1. The fourth-order valence-corrected chi connectivity index (χ4v) is 5.87. The molecule has 43 heavy (non-hydrogen) atoms. The van der Waals surface area contributed by atoms with Crippen molar-refractivity contribution in [1.29, 1.82) is 0 Å². The van der Waals surface area contributed by atoms with E-state index in [1.165, 1.54) is 17.7 Å². The summed E-state index contributed by atoms with van der Waals surface area (Å²) in [6.45, 7) is 12.2. The maximum Gasteiger partial charge on any atom is 0.347 e. The number of hydrogen-bond acceptors (Lipinski definition) is 6. The minimum atomic E-state index is -0.750. The van der Waals surface area contributed by atoms with Crippen LogP contribution in [0.1, 0.15) is 44.4 Å². The first-order valence-electron chi connectivity index (χ1n) is 15.2. The lowest BCUT2D eigenvalue weighted by molar-refractivity contribution is -0.151. The molecule has 0 amide bonds. The molecule has 1 saturated heterocycles. The molecule has 0 spiro atoms. The van der Waals surface area contributed by atoms with Crippen molar-refractivity contribution < 1.29 is 27.8 Å². The first kappa shape index (κ1) is 31.0. The van der Waals surface area contributed by atoms with E-state index in [1.54, 1.807) is 6.92 Å². The number of ether oxygens (including phenoxy) is 3. The third kappa shape index (κ3) is 8.12. The van der Waals surface area contributed by atoms with Crippen LogP contribution in [0.2, 0.25) is 0 Å². The topological polar surface area (TPSA) is 60.0 Å². The van der Waals surface area contributed by atoms with Crippen LogP contribution in [0.15, 0.2) is 66.7 Å². The molecule has 2 fully saturated rings. The summed E-state index contributed by atoms with van der Waals surface area (Å²) in [6.07, 6.45) is -0.364. The fourth-order valence-electron chi connectivity index (χ4n) is 5.87. The van der Waals surface area contributed by atoms with Gasteiger partial charge in [-0.1, -0.05) is 51.1 Å². The lowest BCUT2D eigenvalue weighted by Gasteiger charge is -2.21. The molecule has 0 radical (unpaired) electrons. The summed E-state index contributed by atoms with van der Waals surface area (Å²) in [7, 11) is 0. The van der Waals surface area contributed by atoms with Gasteiger partial charge in [0.05, 0.1) is 6.61 Å². The van der Waals surface area contributed by atoms with E-state index in [4.69, 9.17) is 14.2 Å². The maximum atomic E-state index is 14.0. The summed E-state index contributed by atoms with van der Waals surface area (Å²) >= 11 is 0. The van der Waals surface area contributed by atoms with Gasteiger partial charge in [-0.25, -0.2) is 13.6 Å². The highest BCUT2D eigenvalue weighted by Gasteiger charge is 2.55. The minimum Gasteiger partial charge on any atom is -0.492 e. The van der Waals surface area contributed by atoms with E-state index in [1.807, 2.05) is 48.5 Å². The summed E-state index contributed by atoms with van der Waals surface area (Å²) < 4.78 is 44.4. The minimum absolute atomic E-state index is 0.0355. The average Bonchev–Trinajstić information content (AvgIpc) is 3.42. The van der Waals surface area contributed by atoms with Gasteiger partial charge in [-0.3, -0.25) is 4.90 Å². The third-order valence-corrected chi connectivity index (χ3v) is 8.32. The van der Waals surface area contributed by atoms with Crippen LogP contribution >= 0.6 is 0 Å². The summed E-state index contributed by atoms with van der Waals surface area (Å²) in [6, 6.07) is 19.8. The lowest BCUT2D eigenvalue weighted by Crippen LogP contribution is -2.33. The Labute approximate surface area is 253 Å². The molecule has 1 aliphatic carbocycles. The van der Waals surface area contributed by atoms with E-state index >= 15 is 0 Å². The van der Waals surface area contributed by atoms with Crippen LogP contribution in [0.25, 0.3) is 0 Å². The van der Waals surface area contributed by atoms with Gasteiger partial charge in [-0.2, -0.15) is 0 Å². The number of benzene rings is 3. The van der Waals surface area contributed by atoms with Crippen molar-refractivity contribution in [2.24, 2.45) is 11.8 Å². The Morgan fingerprint density at radius 3 is 2.28 bits per heavy atom. The normalized spacial score (nSPS) is 20.4. The van der Waals surface area contributed by atoms with Crippen molar-refractivity contribution in [2.45, 2.75) is 58.2 Å². The molecule has 1 saturated carbocycles. The lowest BCUT2D eigenvalue weighted by atomic mass is 9.87. The van der Waals surface area contributed by atoms with Crippen LogP contribution < -0.4 is 14.8 Å². The van der Waals surface area contributed by atoms with Crippen molar-refractivity contribution in [3.05, 3.63) is 95.1 Å². The number of hydrogen-bond donors (Lipinski definition) is 1. The third-order valence-electron chi connectivity index (χ3n) is 8.32. The van der Waals surface area contributed by atoms with E-state index in [9.17, 15) is 13.6 Å². The van der Waals surface area contributed by atoms with Crippen LogP contribution in [-0.4, -0.2) is 55.9 Å². The molecule has 8 heteroatoms. The molecule has 230 valence electrons. The smallest absolute Gasteiger partial charge is 0.347 e. The SMILES string of the molecule is CCOC(=O)[C@H](Cc1ccc(OCCNC2[C@H]3CN(Cc4ccc(F)cc4F)C[C@@H]23)cc1)Oc1ccc(C(C)(C)C)cc1. The van der Waals surface area contributed by atoms with Gasteiger partial charge in [0.2, 0.25) is 0 Å². The van der Waals surface area contributed by atoms with Crippen molar-refractivity contribution in [2.75, 3.05) is 32.8 Å². The Balaban J connectivity index is 1.04. The molecule has 4 atom stereocenters. The summed E-state index contributed by atoms with van der Waals surface area (Å²) in [5.74, 6) is 1.12. The van der Waals surface area contributed by atoms with E-state index in [-0.39, 0.29) is 11.4 Å². The number of nitrogens with one attached hydrogen (secondary N) is 1. The second-order valence-corrected chi connectivity index (χ2v) is 12.6. The number of carbonyl (C=O) groups excluding carboxylic acids is 1. The highest BCUT2D eigenvalue weighted by atomic mass is 19.1. The molecule has 1 N–H and O–H groups in total. The molecular formula is C35H42F2N2O4. The number of rotatable bonds is 13. The number of carbonyl (C=O) groups is 1. The zero-order valence-electron chi connectivity index (χ0n) is 25.4. The molecule has 6 nitrogen and oxygen atoms in total. The van der Waals surface area contributed by atoms with Gasteiger partial charge in [0.15, 0.2) is 6.10 Å². The van der Waals surface area contributed by atoms with Crippen molar-refractivity contribution >= 4 is 5.97 Å². The molecule has 1 aliphatic heterocycles. The molecule has 5 rings (SSSR count). The second kappa shape index (κ2) is 13.4. The second-order valence-electron chi connectivity index (χ2n) is 12.6. The Hall–Kier alpha value is -3.49. The average molecular weight is 593 g/mol. The van der Waals surface area contributed by atoms with Crippen LogP contribution in [0, 0.1) is 23.5 Å². The number of piperidine rings is 1. The van der Waals surface area contributed by atoms with E-state index in [0.717, 1.165) is 37.0 Å². The van der Waals surface area contributed by atoms with Gasteiger partial charge < -0.3 is 19.5 Å². The number of fused-ring (bicyclic) bond motifs is 1. The molecule has 0 aromatic heterocycles. The van der Waals surface area contributed by atoms with Gasteiger partial charge in [0.1, 0.15) is 29.7 Å². The van der Waals surface area contributed by atoms with E-state index in [0.29, 0.717) is 55.4 Å². The monoisotopic (exact) mass is 592 g/mol. The van der Waals surface area contributed by atoms with Gasteiger partial charge in [-0.05, 0) is 65.6 Å². The number of likely N-dealkylation sites (tertiary alicyclic amines) is 1. The predicted octanol–water partition coefficient (Wildman–Crippen LogP) is 5.91. The standard InChI is InChI=1S/C35H42F2N2O4/c1-5-41-34(40)32(43-28-14-9-25(10-15-28)35(2,3)4)18-23-6-12-27(13-7-23)42-17-16-38-33-29-21-39(22-30(29)33)20-24-8-11-26(36)19-31(24)37/h6-15,19,29-30,32-33,38H,5,16-18,20-22H2,1-4H3/t29-,30+,32-,33?/m0/s1. The Bertz CT molecular complexity index is 1360. The first-order chi connectivity index (χ1) is 20.6. The predicted molar refractivity (Wildman–Crippen MR) is 162 cm³/mol. The largest absolute Gasteiger partial charge is 0.492 e. The van der Waals surface area contributed by atoms with Gasteiger partial charge in [0, 0.05) is 50.3 Å². The van der Waals surface area contributed by atoms with Crippen molar-refractivity contribution in [3.63, 3.8) is 0 Å². The van der Waals surface area contributed by atoms with Crippen LogP contribution in [0.4, 0.5) is 8.78 Å². The molecule has 2 aliphatic rings. The summed E-state index contributed by atoms with van der Waals surface area (Å²) in [5.41, 5.74) is 2.72. The Morgan fingerprint density at radius 2 is 1.65 bits per heavy atom. The Kier molecular flexibility index (Phi) is 9.67. The van der Waals surface area contributed by atoms with Gasteiger partial charge in [0.25, 0.3) is 0 Å².